The van der Waals surface area contributed by atoms with E-state index in [0.29, 0.717) is 0 Å². The summed E-state index contributed by atoms with van der Waals surface area (Å²) in [5.41, 5.74) is 7.86. The second-order valence-electron chi connectivity index (χ2n) is 5.78. The van der Waals surface area contributed by atoms with Gasteiger partial charge in [-0.2, -0.15) is 0 Å². The summed E-state index contributed by atoms with van der Waals surface area (Å²) >= 11 is 0. The minimum absolute atomic E-state index is 0.114. The van der Waals surface area contributed by atoms with Crippen molar-refractivity contribution in [2.24, 2.45) is 5.73 Å². The number of nitrogens with one attached hydrogen (secondary N) is 2. The Morgan fingerprint density at radius 1 is 1.04 bits per heavy atom. The van der Waals surface area contributed by atoms with Crippen LogP contribution in [0.2, 0.25) is 0 Å². The maximum absolute atomic E-state index is 12.1. The topological polar surface area (TPSA) is 101 Å². The molecule has 6 nitrogen and oxygen atoms in total. The van der Waals surface area contributed by atoms with Crippen LogP contribution in [0.15, 0.2) is 59.5 Å². The van der Waals surface area contributed by atoms with Gasteiger partial charge in [0.25, 0.3) is 0 Å². The number of amides is 1. The van der Waals surface area contributed by atoms with E-state index in [1.165, 1.54) is 0 Å². The second kappa shape index (κ2) is 8.75. The van der Waals surface area contributed by atoms with E-state index in [1.807, 2.05) is 37.3 Å². The Morgan fingerprint density at radius 3 is 2.32 bits per heavy atom. The number of rotatable bonds is 8. The summed E-state index contributed by atoms with van der Waals surface area (Å²) in [5, 5.41) is 2.67. The van der Waals surface area contributed by atoms with Crippen molar-refractivity contribution in [2.45, 2.75) is 24.3 Å². The number of nitrogens with two attached hydrogens (primary N) is 1. The van der Waals surface area contributed by atoms with Crippen molar-refractivity contribution in [1.29, 1.82) is 0 Å². The molecule has 1 amide bonds. The number of carbonyl (C=O) groups is 1. The van der Waals surface area contributed by atoms with Gasteiger partial charge in [0.15, 0.2) is 0 Å². The Balaban J connectivity index is 1.75. The fourth-order valence-electron chi connectivity index (χ4n) is 2.28. The van der Waals surface area contributed by atoms with E-state index in [1.54, 1.807) is 24.3 Å². The molecule has 7 heteroatoms. The lowest BCUT2D eigenvalue weighted by Gasteiger charge is -2.12. The summed E-state index contributed by atoms with van der Waals surface area (Å²) in [6.45, 7) is 2.20. The minimum atomic E-state index is -3.57. The van der Waals surface area contributed by atoms with Crippen molar-refractivity contribution in [3.05, 3.63) is 65.7 Å². The molecule has 0 aromatic heterocycles. The Morgan fingerprint density at radius 2 is 1.68 bits per heavy atom. The largest absolute Gasteiger partial charge is 0.355 e. The molecule has 0 saturated carbocycles. The lowest BCUT2D eigenvalue weighted by atomic mass is 10.0. The van der Waals surface area contributed by atoms with Gasteiger partial charge >= 0.3 is 0 Å². The van der Waals surface area contributed by atoms with Gasteiger partial charge in [0, 0.05) is 25.6 Å². The van der Waals surface area contributed by atoms with Gasteiger partial charge in [-0.25, -0.2) is 13.1 Å². The first-order valence-corrected chi connectivity index (χ1v) is 9.50. The van der Waals surface area contributed by atoms with E-state index in [2.05, 4.69) is 10.0 Å². The van der Waals surface area contributed by atoms with E-state index >= 15 is 0 Å². The number of sulfonamides is 1. The van der Waals surface area contributed by atoms with Crippen LogP contribution < -0.4 is 15.8 Å². The van der Waals surface area contributed by atoms with Gasteiger partial charge in [-0.05, 0) is 24.6 Å². The Hall–Kier alpha value is -2.22. The van der Waals surface area contributed by atoms with Gasteiger partial charge in [0.1, 0.15) is 0 Å². The van der Waals surface area contributed by atoms with Crippen molar-refractivity contribution in [1.82, 2.24) is 10.0 Å². The van der Waals surface area contributed by atoms with E-state index in [-0.39, 0.29) is 36.4 Å². The molecule has 0 aliphatic carbocycles. The molecule has 2 aromatic rings. The zero-order valence-electron chi connectivity index (χ0n) is 14.1. The predicted octanol–water partition coefficient (Wildman–Crippen LogP) is 1.48. The van der Waals surface area contributed by atoms with Gasteiger partial charge < -0.3 is 11.1 Å². The third kappa shape index (κ3) is 5.97. The number of carbonyl (C=O) groups excluding carboxylic acids is 1. The summed E-state index contributed by atoms with van der Waals surface area (Å²) in [6, 6.07) is 15.6. The summed E-state index contributed by atoms with van der Waals surface area (Å²) in [6.07, 6.45) is 0.148. The first kappa shape index (κ1) is 19.1. The number of hydrogen-bond donors (Lipinski definition) is 3. The molecule has 0 aliphatic heterocycles. The Labute approximate surface area is 148 Å². The van der Waals surface area contributed by atoms with Crippen LogP contribution in [-0.2, 0) is 14.8 Å². The molecule has 0 fully saturated rings. The highest BCUT2D eigenvalue weighted by Gasteiger charge is 2.14. The van der Waals surface area contributed by atoms with Crippen LogP contribution in [0.5, 0.6) is 0 Å². The first-order valence-electron chi connectivity index (χ1n) is 8.02. The quantitative estimate of drug-likeness (QED) is 0.620. The monoisotopic (exact) mass is 361 g/mol. The lowest BCUT2D eigenvalue weighted by molar-refractivity contribution is -0.121. The normalized spacial score (nSPS) is 12.6. The van der Waals surface area contributed by atoms with Crippen LogP contribution in [0.3, 0.4) is 0 Å². The molecule has 0 saturated heterocycles. The van der Waals surface area contributed by atoms with Crippen LogP contribution in [0.1, 0.15) is 23.6 Å². The number of hydrogen-bond acceptors (Lipinski definition) is 4. The first-order chi connectivity index (χ1) is 11.9. The molecule has 0 bridgehead atoms. The summed E-state index contributed by atoms with van der Waals surface area (Å²) < 4.78 is 26.7. The molecule has 0 aliphatic rings. The standard InChI is InChI=1S/C18H23N3O3S/c1-14-7-9-16(10-8-14)25(23,24)21-12-11-20-18(22)13-17(19)15-5-3-2-4-6-15/h2-10,17,21H,11-13,19H2,1H3,(H,20,22). The van der Waals surface area contributed by atoms with E-state index in [0.717, 1.165) is 11.1 Å². The zero-order chi connectivity index (χ0) is 18.3. The van der Waals surface area contributed by atoms with Crippen LogP contribution in [0, 0.1) is 6.92 Å². The highest BCUT2D eigenvalue weighted by molar-refractivity contribution is 7.89. The predicted molar refractivity (Wildman–Crippen MR) is 97.4 cm³/mol. The molecule has 1 unspecified atom stereocenters. The van der Waals surface area contributed by atoms with Crippen molar-refractivity contribution >= 4 is 15.9 Å². The molecular weight excluding hydrogens is 338 g/mol. The van der Waals surface area contributed by atoms with Crippen LogP contribution in [0.25, 0.3) is 0 Å². The Kier molecular flexibility index (Phi) is 6.69. The van der Waals surface area contributed by atoms with Crippen LogP contribution in [-0.4, -0.2) is 27.4 Å². The number of benzene rings is 2. The molecule has 2 rings (SSSR count). The average Bonchev–Trinajstić information content (AvgIpc) is 2.60. The highest BCUT2D eigenvalue weighted by Crippen LogP contribution is 2.12. The van der Waals surface area contributed by atoms with Crippen molar-refractivity contribution in [3.8, 4) is 0 Å². The zero-order valence-corrected chi connectivity index (χ0v) is 14.9. The highest BCUT2D eigenvalue weighted by atomic mass is 32.2. The summed E-state index contributed by atoms with van der Waals surface area (Å²) in [5.74, 6) is -0.217. The molecular formula is C18H23N3O3S. The van der Waals surface area contributed by atoms with E-state index < -0.39 is 10.0 Å². The third-order valence-corrected chi connectivity index (χ3v) is 5.18. The summed E-state index contributed by atoms with van der Waals surface area (Å²) in [7, 11) is -3.57. The van der Waals surface area contributed by atoms with Gasteiger partial charge in [0.05, 0.1) is 4.90 Å². The van der Waals surface area contributed by atoms with Gasteiger partial charge in [-0.1, -0.05) is 48.0 Å². The third-order valence-electron chi connectivity index (χ3n) is 3.70. The average molecular weight is 361 g/mol. The van der Waals surface area contributed by atoms with E-state index in [9.17, 15) is 13.2 Å². The second-order valence-corrected chi connectivity index (χ2v) is 7.55. The fourth-order valence-corrected chi connectivity index (χ4v) is 3.31. The van der Waals surface area contributed by atoms with Crippen molar-refractivity contribution in [3.63, 3.8) is 0 Å². The lowest BCUT2D eigenvalue weighted by Crippen LogP contribution is -2.35. The molecule has 0 spiro atoms. The molecule has 134 valence electrons. The van der Waals surface area contributed by atoms with Crippen molar-refractivity contribution in [2.75, 3.05) is 13.1 Å². The molecule has 0 heterocycles. The number of aryl methyl sites for hydroxylation is 1. The molecule has 0 radical (unpaired) electrons. The van der Waals surface area contributed by atoms with Gasteiger partial charge in [-0.3, -0.25) is 4.79 Å². The van der Waals surface area contributed by atoms with Gasteiger partial charge in [0.2, 0.25) is 15.9 Å². The fraction of sp³-hybridized carbons (Fsp3) is 0.278. The molecule has 4 N–H and O–H groups in total. The maximum atomic E-state index is 12.1. The SMILES string of the molecule is Cc1ccc(S(=O)(=O)NCCNC(=O)CC(N)c2ccccc2)cc1. The molecule has 2 aromatic carbocycles. The van der Waals surface area contributed by atoms with E-state index in [4.69, 9.17) is 5.73 Å². The maximum Gasteiger partial charge on any atom is 0.240 e. The van der Waals surface area contributed by atoms with Crippen LogP contribution in [0.4, 0.5) is 0 Å². The van der Waals surface area contributed by atoms with Gasteiger partial charge in [-0.15, -0.1) is 0 Å². The molecule has 1 atom stereocenters. The van der Waals surface area contributed by atoms with Crippen LogP contribution >= 0.6 is 0 Å². The Bertz CT molecular complexity index is 790. The van der Waals surface area contributed by atoms with Crippen molar-refractivity contribution < 1.29 is 13.2 Å². The minimum Gasteiger partial charge on any atom is -0.355 e. The molecule has 25 heavy (non-hydrogen) atoms. The smallest absolute Gasteiger partial charge is 0.240 e. The summed E-state index contributed by atoms with van der Waals surface area (Å²) in [4.78, 5) is 12.1.